The molecule has 2 aromatic carbocycles. The van der Waals surface area contributed by atoms with Crippen LogP contribution in [0.25, 0.3) is 0 Å². The Balaban J connectivity index is -0.0000000800. The molecule has 0 saturated heterocycles. The van der Waals surface area contributed by atoms with Crippen LogP contribution >= 0.6 is 11.3 Å². The first kappa shape index (κ1) is 105. The number of furan rings is 1. The number of nitrogens with zero attached hydrogens (tertiary/aromatic N) is 1. The molecular weight excluding hydrogens is 1090 g/mol. The van der Waals surface area contributed by atoms with Gasteiger partial charge in [-0.2, -0.15) is 11.3 Å². The Morgan fingerprint density at radius 3 is 0.545 bits per heavy atom. The molecule has 88 heavy (non-hydrogen) atoms. The highest BCUT2D eigenvalue weighted by Gasteiger charge is 1.66. The van der Waals surface area contributed by atoms with Crippen molar-refractivity contribution in [2.75, 3.05) is 27.4 Å². The standard InChI is InChI=1S/2C6H10O.2C6H6.C6H10.C5H5N.8C5H8.C4H4O.C4H4S/c2*1-3-4-5-6-7-2;2*1-2-4-6-5-3-1;1-3-5-6-4-2;1-2-4-6-5-3-1;8*1-3-5-4-2;2*1-2-4-5-3-1/h2*3,6H2,1-2H3;2*1-6H;3-4H2,1-2H3;1-5H;8*3H2,1-2H3;2*1-4H. The largest absolute Gasteiger partial charge is 0.473 e. The fourth-order valence-electron chi connectivity index (χ4n) is 3.70. The van der Waals surface area contributed by atoms with Crippen LogP contribution in [0, 0.1) is 130 Å². The first-order valence-corrected chi connectivity index (χ1v) is 31.3. The van der Waals surface area contributed by atoms with E-state index in [0.29, 0.717) is 13.2 Å². The Morgan fingerprint density at radius 1 is 0.261 bits per heavy atom. The van der Waals surface area contributed by atoms with Crippen LogP contribution in [0.1, 0.15) is 216 Å². The highest BCUT2D eigenvalue weighted by molar-refractivity contribution is 7.07. The van der Waals surface area contributed by atoms with Gasteiger partial charge in [-0.25, -0.2) is 0 Å². The fraction of sp³-hybridized carbons (Fsp3) is 0.434. The zero-order valence-electron chi connectivity index (χ0n) is 59.4. The predicted molar refractivity (Wildman–Crippen MR) is 398 cm³/mol. The molecule has 0 unspecified atom stereocenters. The number of thiophene rings is 1. The van der Waals surface area contributed by atoms with Gasteiger partial charge >= 0.3 is 0 Å². The van der Waals surface area contributed by atoms with Crippen LogP contribution in [0.15, 0.2) is 155 Å². The number of hydrogen-bond acceptors (Lipinski definition) is 5. The normalized spacial score (nSPS) is 6.48. The van der Waals surface area contributed by atoms with Crippen molar-refractivity contribution >= 4 is 11.3 Å². The second-order valence-corrected chi connectivity index (χ2v) is 15.3. The highest BCUT2D eigenvalue weighted by atomic mass is 32.1. The van der Waals surface area contributed by atoms with Gasteiger partial charge in [0.15, 0.2) is 0 Å². The zero-order valence-corrected chi connectivity index (χ0v) is 60.2. The minimum Gasteiger partial charge on any atom is -0.473 e. The smallest absolute Gasteiger partial charge is 0.107 e. The Morgan fingerprint density at radius 2 is 0.455 bits per heavy atom. The second-order valence-electron chi connectivity index (χ2n) is 14.5. The van der Waals surface area contributed by atoms with Gasteiger partial charge in [-0.1, -0.05) is 186 Å². The lowest BCUT2D eigenvalue weighted by Crippen LogP contribution is -1.79. The fourth-order valence-corrected chi connectivity index (χ4v) is 4.15. The molecule has 5 rings (SSSR count). The van der Waals surface area contributed by atoms with Crippen molar-refractivity contribution in [2.45, 2.75) is 216 Å². The number of methoxy groups -OCH3 is 2. The van der Waals surface area contributed by atoms with Crippen molar-refractivity contribution in [1.82, 2.24) is 4.98 Å². The number of hydrogen-bond donors (Lipinski definition) is 0. The van der Waals surface area contributed by atoms with Crippen LogP contribution in [0.3, 0.4) is 0 Å². The summed E-state index contributed by atoms with van der Waals surface area (Å²) in [6.07, 6.45) is 18.4. The van der Waals surface area contributed by atoms with Gasteiger partial charge in [-0.05, 0) is 90.4 Å². The SMILES string of the molecule is CC#CCC.CC#CCC.CC#CCC.CC#CCC.CC#CCC.CC#CCC.CC#CCC.CC#CCC.CCC#CCC.CCC#CCOC.CCC#CCOC.c1ccccc1.c1ccccc1.c1ccncc1.c1ccoc1.c1ccsc1. The molecule has 0 aliphatic heterocycles. The quantitative estimate of drug-likeness (QED) is 0.165. The second kappa shape index (κ2) is 143. The minimum absolute atomic E-state index is 0.563. The van der Waals surface area contributed by atoms with E-state index in [1.807, 2.05) is 251 Å². The van der Waals surface area contributed by atoms with Crippen LogP contribution in [-0.2, 0) is 9.47 Å². The van der Waals surface area contributed by atoms with E-state index in [-0.39, 0.29) is 0 Å². The molecule has 0 bridgehead atoms. The highest BCUT2D eigenvalue weighted by Crippen LogP contribution is 1.91. The number of rotatable bonds is 2. The van der Waals surface area contributed by atoms with Gasteiger partial charge in [0.05, 0.1) is 12.5 Å². The van der Waals surface area contributed by atoms with Gasteiger partial charge in [-0.15, -0.1) is 118 Å². The molecule has 3 aromatic heterocycles. The first-order valence-electron chi connectivity index (χ1n) is 30.4. The van der Waals surface area contributed by atoms with Crippen molar-refractivity contribution in [3.63, 3.8) is 0 Å². The Labute approximate surface area is 551 Å². The van der Waals surface area contributed by atoms with E-state index < -0.39 is 0 Å². The van der Waals surface area contributed by atoms with Gasteiger partial charge < -0.3 is 13.9 Å². The average molecular weight is 1210 g/mol. The summed E-state index contributed by atoms with van der Waals surface area (Å²) in [6.45, 7) is 40.4. The maximum Gasteiger partial charge on any atom is 0.107 e. The van der Waals surface area contributed by atoms with Crippen molar-refractivity contribution in [2.24, 2.45) is 0 Å². The summed E-state index contributed by atoms with van der Waals surface area (Å²) >= 11 is 1.71. The molecule has 480 valence electrons. The van der Waals surface area contributed by atoms with E-state index in [4.69, 9.17) is 0 Å². The van der Waals surface area contributed by atoms with Crippen molar-refractivity contribution in [3.8, 4) is 130 Å². The Hall–Kier alpha value is -8.35. The van der Waals surface area contributed by atoms with Gasteiger partial charge in [0.1, 0.15) is 13.2 Å². The lowest BCUT2D eigenvalue weighted by molar-refractivity contribution is 0.239. The lowest BCUT2D eigenvalue weighted by atomic mass is 10.4. The maximum absolute atomic E-state index is 4.67. The van der Waals surface area contributed by atoms with Gasteiger partial charge in [-0.3, -0.25) is 4.98 Å². The summed E-state index contributed by atoms with van der Waals surface area (Å²) in [6, 6.07) is 37.4. The van der Waals surface area contributed by atoms with Crippen LogP contribution < -0.4 is 0 Å². The van der Waals surface area contributed by atoms with Crippen LogP contribution in [-0.4, -0.2) is 32.4 Å². The van der Waals surface area contributed by atoms with E-state index in [1.165, 1.54) is 0 Å². The van der Waals surface area contributed by atoms with Crippen molar-refractivity contribution < 1.29 is 13.9 Å². The molecule has 4 nitrogen and oxygen atoms in total. The average Bonchev–Trinajstić information content (AvgIpc) is 4.38. The van der Waals surface area contributed by atoms with E-state index in [9.17, 15) is 0 Å². The zero-order chi connectivity index (χ0) is 68.7. The summed E-state index contributed by atoms with van der Waals surface area (Å²) < 4.78 is 13.9. The number of aromatic nitrogens is 1. The van der Waals surface area contributed by atoms with Crippen LogP contribution in [0.2, 0.25) is 0 Å². The molecule has 0 fully saturated rings. The van der Waals surface area contributed by atoms with E-state index in [0.717, 1.165) is 77.0 Å². The third kappa shape index (κ3) is 210. The predicted octanol–water partition coefficient (Wildman–Crippen LogP) is 22.7. The van der Waals surface area contributed by atoms with Gasteiger partial charge in [0.2, 0.25) is 0 Å². The van der Waals surface area contributed by atoms with Crippen molar-refractivity contribution in [1.29, 1.82) is 0 Å². The van der Waals surface area contributed by atoms with Crippen LogP contribution in [0.4, 0.5) is 0 Å². The summed E-state index contributed by atoms with van der Waals surface area (Å²) in [5, 5.41) is 4.08. The molecule has 0 atom stereocenters. The molecule has 0 spiro atoms. The summed E-state index contributed by atoms with van der Waals surface area (Å²) in [4.78, 5) is 3.78. The topological polar surface area (TPSA) is 44.5 Å². The van der Waals surface area contributed by atoms with Crippen molar-refractivity contribution in [3.05, 3.63) is 151 Å². The van der Waals surface area contributed by atoms with E-state index in [2.05, 4.69) is 163 Å². The molecule has 3 heterocycles. The monoisotopic (exact) mass is 1210 g/mol. The third-order valence-electron chi connectivity index (χ3n) is 7.09. The lowest BCUT2D eigenvalue weighted by Gasteiger charge is -1.79. The molecule has 5 heteroatoms. The van der Waals surface area contributed by atoms with E-state index >= 15 is 0 Å². The third-order valence-corrected chi connectivity index (χ3v) is 7.72. The number of pyridine rings is 1. The van der Waals surface area contributed by atoms with Crippen LogP contribution in [0.5, 0.6) is 0 Å². The molecule has 0 N–H and O–H groups in total. The summed E-state index contributed by atoms with van der Waals surface area (Å²) in [5.74, 6) is 62.3. The van der Waals surface area contributed by atoms with E-state index in [1.54, 1.807) is 50.5 Å². The Kier molecular flexibility index (Phi) is 170. The molecule has 0 radical (unpaired) electrons. The summed E-state index contributed by atoms with van der Waals surface area (Å²) in [7, 11) is 3.29. The first-order chi connectivity index (χ1) is 43.1. The maximum atomic E-state index is 4.67. The molecule has 5 aromatic rings. The van der Waals surface area contributed by atoms with Gasteiger partial charge in [0.25, 0.3) is 0 Å². The Bertz CT molecular complexity index is 2110. The molecule has 0 aliphatic rings. The van der Waals surface area contributed by atoms with Gasteiger partial charge in [0, 0.05) is 104 Å². The minimum atomic E-state index is 0.563. The molecule has 0 aliphatic carbocycles. The number of ether oxygens (including phenoxy) is 2. The molecular formula is C83H119NO3S. The molecule has 0 saturated carbocycles. The molecule has 0 amide bonds. The number of benzene rings is 2. The summed E-state index contributed by atoms with van der Waals surface area (Å²) in [5.41, 5.74) is 0.